The van der Waals surface area contributed by atoms with E-state index in [9.17, 15) is 14.4 Å². The number of carbonyl (C=O) groups is 3. The van der Waals surface area contributed by atoms with Crippen molar-refractivity contribution in [3.05, 3.63) is 87.7 Å². The van der Waals surface area contributed by atoms with Gasteiger partial charge in [-0.05, 0) is 50.1 Å². The minimum Gasteiger partial charge on any atom is -0.496 e. The number of carbonyl (C=O) groups excluding carboxylic acids is 3. The van der Waals surface area contributed by atoms with Crippen molar-refractivity contribution in [2.24, 2.45) is 7.05 Å². The number of fused-ring (bicyclic) bond motifs is 1. The smallest absolute Gasteiger partial charge is 0.291 e. The van der Waals surface area contributed by atoms with Crippen LogP contribution in [-0.4, -0.2) is 70.4 Å². The van der Waals surface area contributed by atoms with E-state index in [1.807, 2.05) is 49.9 Å². The highest BCUT2D eigenvalue weighted by molar-refractivity contribution is 6.36. The number of benzene rings is 2. The van der Waals surface area contributed by atoms with E-state index >= 15 is 0 Å². The summed E-state index contributed by atoms with van der Waals surface area (Å²) in [4.78, 5) is 50.0. The molecule has 4 heterocycles. The third kappa shape index (κ3) is 6.77. The molecule has 0 bridgehead atoms. The fourth-order valence-electron chi connectivity index (χ4n) is 6.24. The van der Waals surface area contributed by atoms with Crippen LogP contribution in [0.5, 0.6) is 5.75 Å². The van der Waals surface area contributed by atoms with Crippen LogP contribution in [0.1, 0.15) is 56.5 Å². The lowest BCUT2D eigenvalue weighted by atomic mass is 9.98. The molecule has 0 radical (unpaired) electrons. The Balaban J connectivity index is 1.17. The molecule has 2 aliphatic rings. The van der Waals surface area contributed by atoms with E-state index in [4.69, 9.17) is 16.3 Å². The van der Waals surface area contributed by atoms with Crippen molar-refractivity contribution >= 4 is 40.7 Å². The third-order valence-electron chi connectivity index (χ3n) is 8.99. The first-order valence-corrected chi connectivity index (χ1v) is 16.3. The molecule has 1 saturated heterocycles. The lowest BCUT2D eigenvalue weighted by Gasteiger charge is -2.23. The number of piperidine rings is 1. The van der Waals surface area contributed by atoms with Gasteiger partial charge in [0, 0.05) is 74.4 Å². The van der Waals surface area contributed by atoms with Crippen molar-refractivity contribution in [3.63, 3.8) is 0 Å². The molecule has 250 valence electrons. The van der Waals surface area contributed by atoms with E-state index in [2.05, 4.69) is 36.1 Å². The van der Waals surface area contributed by atoms with Gasteiger partial charge in [-0.1, -0.05) is 35.9 Å². The molecule has 1 unspecified atom stereocenters. The molecule has 3 amide bonds. The molecule has 0 aliphatic carbocycles. The van der Waals surface area contributed by atoms with E-state index in [1.165, 1.54) is 7.11 Å². The Kier molecular flexibility index (Phi) is 9.76. The van der Waals surface area contributed by atoms with Crippen LogP contribution in [-0.2, 0) is 31.4 Å². The first-order chi connectivity index (χ1) is 23.1. The standard InChI is InChI=1S/C35H39ClN8O4/c1-20-22(23-9-6-11-25(31(23)36)42-35(47)32-40-28-19-43(2)15-13-29(28)44(32)3)8-5-10-24(20)41-34(46)27-16-30(48-4)21(18-39-27)17-38-26-12-7-14-37-33(26)45/h5-6,8-11,16,18,26,38H,7,12-15,17,19H2,1-4H3,(H,37,45)(H,41,46)(H,42,47). The molecule has 0 spiro atoms. The number of pyridine rings is 1. The van der Waals surface area contributed by atoms with Crippen LogP contribution in [0.2, 0.25) is 5.02 Å². The second kappa shape index (κ2) is 14.1. The Morgan fingerprint density at radius 3 is 2.60 bits per heavy atom. The number of imidazole rings is 1. The van der Waals surface area contributed by atoms with E-state index < -0.39 is 5.91 Å². The van der Waals surface area contributed by atoms with Crippen molar-refractivity contribution in [2.75, 3.05) is 37.9 Å². The summed E-state index contributed by atoms with van der Waals surface area (Å²) >= 11 is 6.91. The SMILES string of the molecule is COc1cc(C(=O)Nc2cccc(-c3cccc(NC(=O)c4nc5c(n4C)CCN(C)C5)c3Cl)c2C)ncc1CNC1CCCNC1=O. The van der Waals surface area contributed by atoms with Crippen LogP contribution in [0.3, 0.4) is 0 Å². The molecule has 2 aromatic heterocycles. The van der Waals surface area contributed by atoms with Crippen molar-refractivity contribution in [1.82, 2.24) is 30.1 Å². The second-order valence-corrected chi connectivity index (χ2v) is 12.6. The Labute approximate surface area is 284 Å². The van der Waals surface area contributed by atoms with Crippen LogP contribution in [0.4, 0.5) is 11.4 Å². The summed E-state index contributed by atoms with van der Waals surface area (Å²) in [6, 6.07) is 12.3. The van der Waals surface area contributed by atoms with Crippen LogP contribution in [0, 0.1) is 6.92 Å². The summed E-state index contributed by atoms with van der Waals surface area (Å²) in [5, 5.41) is 12.4. The fourth-order valence-corrected chi connectivity index (χ4v) is 6.51. The fraction of sp³-hybridized carbons (Fsp3) is 0.343. The number of ether oxygens (including phenoxy) is 1. The maximum Gasteiger partial charge on any atom is 0.291 e. The van der Waals surface area contributed by atoms with Gasteiger partial charge in [0.2, 0.25) is 5.91 Å². The molecule has 1 fully saturated rings. The largest absolute Gasteiger partial charge is 0.496 e. The first kappa shape index (κ1) is 33.1. The molecule has 4 aromatic rings. The molecule has 13 heteroatoms. The molecule has 2 aliphatic heterocycles. The number of anilines is 2. The molecule has 1 atom stereocenters. The number of nitrogens with zero attached hydrogens (tertiary/aromatic N) is 4. The van der Waals surface area contributed by atoms with Crippen LogP contribution >= 0.6 is 11.6 Å². The average Bonchev–Trinajstić information content (AvgIpc) is 3.41. The number of methoxy groups -OCH3 is 1. The summed E-state index contributed by atoms with van der Waals surface area (Å²) in [7, 11) is 5.44. The molecule has 4 N–H and O–H groups in total. The maximum absolute atomic E-state index is 13.4. The number of rotatable bonds is 9. The summed E-state index contributed by atoms with van der Waals surface area (Å²) < 4.78 is 7.41. The zero-order valence-corrected chi connectivity index (χ0v) is 28.2. The normalized spacial score (nSPS) is 16.2. The van der Waals surface area contributed by atoms with Gasteiger partial charge in [-0.2, -0.15) is 0 Å². The molecular weight excluding hydrogens is 632 g/mol. The highest BCUT2D eigenvalue weighted by Crippen LogP contribution is 2.38. The molecule has 6 rings (SSSR count). The van der Waals surface area contributed by atoms with Crippen LogP contribution < -0.4 is 26.0 Å². The Hall–Kier alpha value is -4.78. The van der Waals surface area contributed by atoms with E-state index in [1.54, 1.807) is 24.4 Å². The summed E-state index contributed by atoms with van der Waals surface area (Å²) in [6.07, 6.45) is 4.09. The van der Waals surface area contributed by atoms with Gasteiger partial charge in [0.15, 0.2) is 5.82 Å². The van der Waals surface area contributed by atoms with Crippen LogP contribution in [0.15, 0.2) is 48.7 Å². The van der Waals surface area contributed by atoms with Gasteiger partial charge in [0.1, 0.15) is 11.4 Å². The lowest BCUT2D eigenvalue weighted by Crippen LogP contribution is -2.47. The number of likely N-dealkylation sites (N-methyl/N-ethyl adjacent to an activating group) is 1. The van der Waals surface area contributed by atoms with Crippen LogP contribution in [0.25, 0.3) is 11.1 Å². The quantitative estimate of drug-likeness (QED) is 0.206. The minimum absolute atomic E-state index is 0.0182. The molecule has 2 aromatic carbocycles. The van der Waals surface area contributed by atoms with Crippen molar-refractivity contribution in [1.29, 1.82) is 0 Å². The highest BCUT2D eigenvalue weighted by atomic mass is 35.5. The highest BCUT2D eigenvalue weighted by Gasteiger charge is 2.25. The number of aromatic nitrogens is 3. The van der Waals surface area contributed by atoms with Gasteiger partial charge in [-0.3, -0.25) is 19.4 Å². The van der Waals surface area contributed by atoms with Gasteiger partial charge in [0.05, 0.1) is 29.6 Å². The minimum atomic E-state index is -0.407. The number of hydrogen-bond donors (Lipinski definition) is 4. The topological polar surface area (TPSA) is 143 Å². The van der Waals surface area contributed by atoms with E-state index in [0.717, 1.165) is 53.9 Å². The summed E-state index contributed by atoms with van der Waals surface area (Å²) in [5.74, 6) is 0.0681. The summed E-state index contributed by atoms with van der Waals surface area (Å²) in [6.45, 7) is 4.58. The van der Waals surface area contributed by atoms with Gasteiger partial charge < -0.3 is 35.5 Å². The summed E-state index contributed by atoms with van der Waals surface area (Å²) in [5.41, 5.74) is 6.23. The number of hydrogen-bond acceptors (Lipinski definition) is 8. The van der Waals surface area contributed by atoms with Gasteiger partial charge in [-0.15, -0.1) is 0 Å². The number of amides is 3. The number of halogens is 1. The zero-order valence-electron chi connectivity index (χ0n) is 27.4. The van der Waals surface area contributed by atoms with Gasteiger partial charge in [0.25, 0.3) is 11.8 Å². The predicted molar refractivity (Wildman–Crippen MR) is 184 cm³/mol. The van der Waals surface area contributed by atoms with E-state index in [-0.39, 0.29) is 23.6 Å². The lowest BCUT2D eigenvalue weighted by molar-refractivity contribution is -0.124. The Bertz CT molecular complexity index is 1890. The molecular formula is C35H39ClN8O4. The first-order valence-electron chi connectivity index (χ1n) is 15.9. The number of nitrogens with one attached hydrogen (secondary N) is 4. The third-order valence-corrected chi connectivity index (χ3v) is 9.40. The molecule has 12 nitrogen and oxygen atoms in total. The monoisotopic (exact) mass is 670 g/mol. The predicted octanol–water partition coefficient (Wildman–Crippen LogP) is 4.31. The van der Waals surface area contributed by atoms with Gasteiger partial charge >= 0.3 is 0 Å². The maximum atomic E-state index is 13.4. The molecule has 48 heavy (non-hydrogen) atoms. The molecule has 0 saturated carbocycles. The zero-order chi connectivity index (χ0) is 33.9. The van der Waals surface area contributed by atoms with Crippen molar-refractivity contribution in [3.8, 4) is 16.9 Å². The van der Waals surface area contributed by atoms with Crippen molar-refractivity contribution in [2.45, 2.75) is 45.3 Å². The Morgan fingerprint density at radius 1 is 1.08 bits per heavy atom. The second-order valence-electron chi connectivity index (χ2n) is 12.2. The van der Waals surface area contributed by atoms with E-state index in [0.29, 0.717) is 53.2 Å². The van der Waals surface area contributed by atoms with Crippen molar-refractivity contribution < 1.29 is 19.1 Å². The van der Waals surface area contributed by atoms with Gasteiger partial charge in [-0.25, -0.2) is 4.98 Å². The Morgan fingerprint density at radius 2 is 1.83 bits per heavy atom. The average molecular weight is 671 g/mol.